The molecule has 4 atom stereocenters. The van der Waals surface area contributed by atoms with Crippen LogP contribution in [0.1, 0.15) is 13.3 Å². The van der Waals surface area contributed by atoms with Crippen molar-refractivity contribution < 1.29 is 56.8 Å². The maximum Gasteiger partial charge on any atom is 0.362 e. The third kappa shape index (κ3) is 8.10. The van der Waals surface area contributed by atoms with Crippen molar-refractivity contribution in [1.29, 1.82) is 0 Å². The molecule has 0 aromatic rings. The van der Waals surface area contributed by atoms with Crippen LogP contribution in [0.5, 0.6) is 0 Å². The van der Waals surface area contributed by atoms with Crippen LogP contribution in [0.4, 0.5) is 0 Å². The van der Waals surface area contributed by atoms with Gasteiger partial charge in [0.15, 0.2) is 6.10 Å². The van der Waals surface area contributed by atoms with Gasteiger partial charge in [-0.1, -0.05) is 0 Å². The van der Waals surface area contributed by atoms with Gasteiger partial charge in [0.1, 0.15) is 18.1 Å². The number of nitrogens with one attached hydrogen (secondary N) is 3. The number of aliphatic hydroxyl groups excluding tert-OH is 2. The lowest BCUT2D eigenvalue weighted by Gasteiger charge is -2.36. The quantitative estimate of drug-likeness (QED) is 0.0709. The maximum atomic E-state index is 12.7. The monoisotopic (exact) mass is 526 g/mol. The minimum atomic E-state index is -4.76. The number of nitrogens with two attached hydrogens (primary N) is 1. The average Bonchev–Trinajstić information content (AvgIpc) is 2.79. The van der Waals surface area contributed by atoms with Crippen LogP contribution in [0.3, 0.4) is 0 Å². The van der Waals surface area contributed by atoms with Gasteiger partial charge >= 0.3 is 16.3 Å². The number of amides is 5. The van der Waals surface area contributed by atoms with Crippen molar-refractivity contribution in [3.63, 3.8) is 0 Å². The summed E-state index contributed by atoms with van der Waals surface area (Å²) in [6.07, 6.45) is -2.54. The van der Waals surface area contributed by atoms with E-state index >= 15 is 0 Å². The predicted molar refractivity (Wildman–Crippen MR) is 110 cm³/mol. The second-order valence-corrected chi connectivity index (χ2v) is 8.61. The maximum absolute atomic E-state index is 12.7. The molecule has 1 saturated heterocycles. The summed E-state index contributed by atoms with van der Waals surface area (Å²) in [5.74, 6) is -1.36. The lowest BCUT2D eigenvalue weighted by Crippen LogP contribution is -2.66. The molecule has 8 N–H and O–H groups in total. The van der Waals surface area contributed by atoms with Crippen LogP contribution >= 0.6 is 0 Å². The molecular formula is C16H26N6O12S. The lowest BCUT2D eigenvalue weighted by molar-refractivity contribution is -0.150. The van der Waals surface area contributed by atoms with Crippen LogP contribution in [-0.2, 0) is 43.9 Å². The Balaban J connectivity index is 2.79. The highest BCUT2D eigenvalue weighted by Crippen LogP contribution is 2.14. The summed E-state index contributed by atoms with van der Waals surface area (Å²) >= 11 is 0. The van der Waals surface area contributed by atoms with E-state index in [1.807, 2.05) is 5.32 Å². The Morgan fingerprint density at radius 3 is 2.31 bits per heavy atom. The summed E-state index contributed by atoms with van der Waals surface area (Å²) in [5.41, 5.74) is 0. The number of rotatable bonds is 12. The van der Waals surface area contributed by atoms with E-state index in [0.717, 1.165) is 11.9 Å². The molecule has 5 amide bonds. The van der Waals surface area contributed by atoms with E-state index in [1.54, 1.807) is 0 Å². The molecule has 0 unspecified atom stereocenters. The van der Waals surface area contributed by atoms with Gasteiger partial charge in [-0.2, -0.15) is 14.3 Å². The zero-order valence-electron chi connectivity index (χ0n) is 18.5. The van der Waals surface area contributed by atoms with Gasteiger partial charge in [0.05, 0.1) is 26.1 Å². The van der Waals surface area contributed by atoms with Gasteiger partial charge < -0.3 is 35.9 Å². The van der Waals surface area contributed by atoms with Crippen LogP contribution < -0.4 is 21.8 Å². The fourth-order valence-corrected chi connectivity index (χ4v) is 3.35. The number of likely N-dealkylation sites (N-methyl/N-ethyl adjacent to an activating group) is 1. The Morgan fingerprint density at radius 2 is 1.83 bits per heavy atom. The molecule has 198 valence electrons. The molecule has 0 aromatic carbocycles. The minimum absolute atomic E-state index is 0.120. The van der Waals surface area contributed by atoms with Crippen LogP contribution in [-0.4, -0.2) is 119 Å². The molecule has 19 heteroatoms. The van der Waals surface area contributed by atoms with Gasteiger partial charge in [0, 0.05) is 7.05 Å². The Kier molecular flexibility index (Phi) is 10.5. The van der Waals surface area contributed by atoms with Gasteiger partial charge in [0.2, 0.25) is 17.7 Å². The predicted octanol–water partition coefficient (Wildman–Crippen LogP) is -6.28. The first-order valence-corrected chi connectivity index (χ1v) is 11.1. The third-order valence-corrected chi connectivity index (χ3v) is 5.67. The van der Waals surface area contributed by atoms with Crippen molar-refractivity contribution in [1.82, 2.24) is 25.2 Å². The molecule has 1 heterocycles. The van der Waals surface area contributed by atoms with Crippen LogP contribution in [0.15, 0.2) is 0 Å². The van der Waals surface area contributed by atoms with E-state index in [-0.39, 0.29) is 4.31 Å². The Labute approximate surface area is 198 Å². The molecule has 0 saturated carbocycles. The Hall–Kier alpha value is -3.39. The van der Waals surface area contributed by atoms with E-state index in [0.29, 0.717) is 0 Å². The Bertz CT molecular complexity index is 972. The summed E-state index contributed by atoms with van der Waals surface area (Å²) in [6, 6.07) is -4.18. The highest BCUT2D eigenvalue weighted by atomic mass is 32.2. The molecule has 0 aliphatic carbocycles. The van der Waals surface area contributed by atoms with Crippen molar-refractivity contribution in [2.45, 2.75) is 37.6 Å². The first-order chi connectivity index (χ1) is 16.1. The molecule has 0 spiro atoms. The standard InChI is InChI=1S/C16H26N6O12S/c1-7(13(27)20-8-5-22(16(8)30)35(31,32)33)19-14(28)9(3-12(26)34-17)21(2)11(25)4-18-15(29)10(24)6-23/h7-10,23-24H,3-6,17H2,1-2H3,(H,18,29)(H,19,28)(H,20,27)(H,31,32,33)/t7-,8+,9+,10+/m1/s1. The largest absolute Gasteiger partial charge is 0.393 e. The zero-order chi connectivity index (χ0) is 27.1. The average molecular weight is 526 g/mol. The highest BCUT2D eigenvalue weighted by molar-refractivity contribution is 7.84. The number of aliphatic hydroxyl groups is 2. The summed E-state index contributed by atoms with van der Waals surface area (Å²) in [4.78, 5) is 76.8. The van der Waals surface area contributed by atoms with Crippen LogP contribution in [0.2, 0.25) is 0 Å². The van der Waals surface area contributed by atoms with Gasteiger partial charge in [-0.3, -0.25) is 33.3 Å². The number of hydrogen-bond acceptors (Lipinski definition) is 12. The third-order valence-electron chi connectivity index (χ3n) is 4.78. The molecule has 35 heavy (non-hydrogen) atoms. The molecule has 1 aliphatic heterocycles. The van der Waals surface area contributed by atoms with Crippen LogP contribution in [0, 0.1) is 0 Å². The molecule has 18 nitrogen and oxygen atoms in total. The first kappa shape index (κ1) is 29.6. The molecule has 1 fully saturated rings. The van der Waals surface area contributed by atoms with E-state index in [2.05, 4.69) is 15.5 Å². The zero-order valence-corrected chi connectivity index (χ0v) is 19.4. The Morgan fingerprint density at radius 1 is 1.23 bits per heavy atom. The van der Waals surface area contributed by atoms with E-state index in [9.17, 15) is 42.3 Å². The molecular weight excluding hydrogens is 500 g/mol. The molecule has 1 rings (SSSR count). The lowest BCUT2D eigenvalue weighted by atomic mass is 10.1. The minimum Gasteiger partial charge on any atom is -0.393 e. The van der Waals surface area contributed by atoms with Crippen molar-refractivity contribution in [3.05, 3.63) is 0 Å². The van der Waals surface area contributed by atoms with E-state index < -0.39 is 96.2 Å². The normalized spacial score (nSPS) is 17.8. The molecule has 1 aliphatic rings. The second-order valence-electron chi connectivity index (χ2n) is 7.27. The van der Waals surface area contributed by atoms with E-state index in [4.69, 9.17) is 15.6 Å². The molecule has 0 aromatic heterocycles. The first-order valence-electron chi connectivity index (χ1n) is 9.75. The molecule has 0 radical (unpaired) electrons. The van der Waals surface area contributed by atoms with Crippen molar-refractivity contribution in [2.24, 2.45) is 5.90 Å². The van der Waals surface area contributed by atoms with E-state index in [1.165, 1.54) is 6.92 Å². The SMILES string of the molecule is C[C@@H](NC(=O)[C@H](CC(=O)ON)N(C)C(=O)CNC(=O)[C@@H](O)CO)C(=O)N[C@H]1CN(S(=O)(=O)O)C1=O. The van der Waals surface area contributed by atoms with Crippen molar-refractivity contribution in [3.8, 4) is 0 Å². The number of β-lactam (4-membered cyclic amide) rings is 1. The fraction of sp³-hybridized carbons (Fsp3) is 0.625. The smallest absolute Gasteiger partial charge is 0.362 e. The summed E-state index contributed by atoms with van der Waals surface area (Å²) < 4.78 is 30.8. The van der Waals surface area contributed by atoms with Gasteiger partial charge in [0.25, 0.3) is 11.8 Å². The van der Waals surface area contributed by atoms with Crippen molar-refractivity contribution >= 4 is 45.8 Å². The van der Waals surface area contributed by atoms with Crippen molar-refractivity contribution in [2.75, 3.05) is 26.7 Å². The summed E-state index contributed by atoms with van der Waals surface area (Å²) in [7, 11) is -3.67. The van der Waals surface area contributed by atoms with Gasteiger partial charge in [-0.25, -0.2) is 4.31 Å². The fourth-order valence-electron chi connectivity index (χ4n) is 2.66. The number of carbonyl (C=O) groups is 6. The number of carbonyl (C=O) groups excluding carboxylic acids is 6. The van der Waals surface area contributed by atoms with Gasteiger partial charge in [-0.05, 0) is 6.92 Å². The summed E-state index contributed by atoms with van der Waals surface area (Å²) in [6.45, 7) is -0.960. The van der Waals surface area contributed by atoms with Crippen LogP contribution in [0.25, 0.3) is 0 Å². The second kappa shape index (κ2) is 12.4. The number of hydrogen-bond donors (Lipinski definition) is 7. The highest BCUT2D eigenvalue weighted by Gasteiger charge is 2.45. The molecule has 0 bridgehead atoms. The number of nitrogens with zero attached hydrogens (tertiary/aromatic N) is 2. The van der Waals surface area contributed by atoms with Gasteiger partial charge in [-0.15, -0.1) is 0 Å². The topological polar surface area (TPSA) is 275 Å². The summed E-state index contributed by atoms with van der Waals surface area (Å²) in [5, 5.41) is 24.3.